The van der Waals surface area contributed by atoms with Gasteiger partial charge in [0.2, 0.25) is 0 Å². The fourth-order valence-electron chi connectivity index (χ4n) is 3.53. The van der Waals surface area contributed by atoms with Gasteiger partial charge in [-0.3, -0.25) is 0 Å². The van der Waals surface area contributed by atoms with Crippen molar-refractivity contribution in [2.45, 2.75) is 26.7 Å². The number of rotatable bonds is 4. The van der Waals surface area contributed by atoms with Gasteiger partial charge in [-0.1, -0.05) is 60.7 Å². The topological polar surface area (TPSA) is 35.5 Å². The first-order valence-corrected chi connectivity index (χ1v) is 9.37. The average Bonchev–Trinajstić information content (AvgIpc) is 2.71. The molecular formula is C25H22O3. The van der Waals surface area contributed by atoms with E-state index in [0.29, 0.717) is 11.3 Å². The van der Waals surface area contributed by atoms with E-state index in [9.17, 15) is 4.79 Å². The molecule has 3 nitrogen and oxygen atoms in total. The molecule has 0 aromatic heterocycles. The average molecular weight is 370 g/mol. The van der Waals surface area contributed by atoms with Crippen LogP contribution in [0.4, 0.5) is 0 Å². The van der Waals surface area contributed by atoms with Crippen LogP contribution in [0, 0.1) is 0 Å². The van der Waals surface area contributed by atoms with E-state index in [4.69, 9.17) is 9.47 Å². The number of fused-ring (bicyclic) bond motifs is 2. The van der Waals surface area contributed by atoms with Gasteiger partial charge < -0.3 is 9.47 Å². The molecule has 0 fully saturated rings. The molecule has 0 atom stereocenters. The molecular weight excluding hydrogens is 348 g/mol. The Hall–Kier alpha value is -3.33. The molecule has 0 aliphatic heterocycles. The molecule has 4 rings (SSSR count). The maximum atomic E-state index is 12.3. The van der Waals surface area contributed by atoms with Crippen LogP contribution in [-0.2, 0) is 17.6 Å². The lowest BCUT2D eigenvalue weighted by Gasteiger charge is -2.24. The summed E-state index contributed by atoms with van der Waals surface area (Å²) in [5, 5.41) is 1.80. The van der Waals surface area contributed by atoms with Crippen LogP contribution in [0.5, 0.6) is 17.2 Å². The highest BCUT2D eigenvalue weighted by Crippen LogP contribution is 2.45. The van der Waals surface area contributed by atoms with Crippen LogP contribution in [0.25, 0.3) is 10.8 Å². The summed E-state index contributed by atoms with van der Waals surface area (Å²) in [4.78, 5) is 12.3. The minimum absolute atomic E-state index is 0.380. The van der Waals surface area contributed by atoms with Crippen molar-refractivity contribution in [1.82, 2.24) is 0 Å². The smallest absolute Gasteiger partial charge is 0.338 e. The lowest BCUT2D eigenvalue weighted by molar-refractivity contribution is -0.130. The molecule has 0 unspecified atom stereocenters. The molecule has 0 spiro atoms. The predicted molar refractivity (Wildman–Crippen MR) is 112 cm³/mol. The van der Waals surface area contributed by atoms with Crippen LogP contribution in [0.2, 0.25) is 0 Å². The highest BCUT2D eigenvalue weighted by atomic mass is 16.5. The fourth-order valence-corrected chi connectivity index (χ4v) is 3.53. The number of benzene rings is 3. The Labute approximate surface area is 164 Å². The van der Waals surface area contributed by atoms with Crippen LogP contribution in [0.15, 0.2) is 78.4 Å². The van der Waals surface area contributed by atoms with E-state index in [-0.39, 0.29) is 0 Å². The molecule has 1 aliphatic rings. The normalized spacial score (nSPS) is 12.9. The molecule has 140 valence electrons. The first-order chi connectivity index (χ1) is 13.5. The highest BCUT2D eigenvalue weighted by molar-refractivity contribution is 5.99. The van der Waals surface area contributed by atoms with Crippen LogP contribution in [-0.4, -0.2) is 5.97 Å². The van der Waals surface area contributed by atoms with Gasteiger partial charge in [0.05, 0.1) is 0 Å². The van der Waals surface area contributed by atoms with Crippen LogP contribution in [0.1, 0.15) is 25.0 Å². The second-order valence-corrected chi connectivity index (χ2v) is 7.18. The van der Waals surface area contributed by atoms with Gasteiger partial charge in [-0.2, -0.15) is 0 Å². The Kier molecular flexibility index (Phi) is 4.74. The molecule has 0 radical (unpaired) electrons. The summed E-state index contributed by atoms with van der Waals surface area (Å²) in [7, 11) is 0. The Balaban J connectivity index is 1.96. The summed E-state index contributed by atoms with van der Waals surface area (Å²) >= 11 is 0. The Morgan fingerprint density at radius 1 is 0.929 bits per heavy atom. The Morgan fingerprint density at radius 3 is 2.25 bits per heavy atom. The summed E-state index contributed by atoms with van der Waals surface area (Å²) in [6.45, 7) is 7.48. The van der Waals surface area contributed by atoms with Gasteiger partial charge in [0.25, 0.3) is 0 Å². The standard InChI is InChI=1S/C25H22O3/c1-16(2)25(26)28-24-20-12-8-7-11-19(20)23(27-18-9-5-4-6-10-18)21-14-13-17(3)15-22(21)24/h4-13H,1,14-15H2,2-3H3. The zero-order chi connectivity index (χ0) is 19.7. The molecule has 3 heteroatoms. The van der Waals surface area contributed by atoms with Gasteiger partial charge in [0.15, 0.2) is 0 Å². The van der Waals surface area contributed by atoms with Gasteiger partial charge >= 0.3 is 5.97 Å². The van der Waals surface area contributed by atoms with E-state index in [1.165, 1.54) is 5.57 Å². The van der Waals surface area contributed by atoms with Gasteiger partial charge in [0.1, 0.15) is 17.2 Å². The molecule has 0 saturated carbocycles. The van der Waals surface area contributed by atoms with E-state index < -0.39 is 5.97 Å². The number of allylic oxidation sites excluding steroid dienone is 2. The molecule has 1 aliphatic carbocycles. The third-order valence-corrected chi connectivity index (χ3v) is 4.95. The maximum Gasteiger partial charge on any atom is 0.338 e. The molecule has 3 aromatic rings. The predicted octanol–water partition coefficient (Wildman–Crippen LogP) is 6.16. The van der Waals surface area contributed by atoms with Crippen molar-refractivity contribution < 1.29 is 14.3 Å². The van der Waals surface area contributed by atoms with Gasteiger partial charge in [-0.05, 0) is 38.8 Å². The van der Waals surface area contributed by atoms with Crippen LogP contribution >= 0.6 is 0 Å². The van der Waals surface area contributed by atoms with Crippen molar-refractivity contribution in [2.75, 3.05) is 0 Å². The monoisotopic (exact) mass is 370 g/mol. The summed E-state index contributed by atoms with van der Waals surface area (Å²) in [6, 6.07) is 17.7. The van der Waals surface area contributed by atoms with Gasteiger partial charge in [0, 0.05) is 27.5 Å². The van der Waals surface area contributed by atoms with Gasteiger partial charge in [-0.15, -0.1) is 0 Å². The lowest BCUT2D eigenvalue weighted by Crippen LogP contribution is -2.13. The highest BCUT2D eigenvalue weighted by Gasteiger charge is 2.25. The van der Waals surface area contributed by atoms with Crippen LogP contribution in [0.3, 0.4) is 0 Å². The number of para-hydroxylation sites is 1. The molecule has 28 heavy (non-hydrogen) atoms. The van der Waals surface area contributed by atoms with E-state index in [1.54, 1.807) is 6.92 Å². The summed E-state index contributed by atoms with van der Waals surface area (Å²) in [5.41, 5.74) is 3.71. The molecule has 0 bridgehead atoms. The zero-order valence-corrected chi connectivity index (χ0v) is 16.1. The number of ether oxygens (including phenoxy) is 2. The Morgan fingerprint density at radius 2 is 1.57 bits per heavy atom. The molecule has 3 aromatic carbocycles. The summed E-state index contributed by atoms with van der Waals surface area (Å²) in [5.74, 6) is 1.83. The van der Waals surface area contributed by atoms with E-state index in [0.717, 1.165) is 46.2 Å². The Bertz CT molecular complexity index is 1110. The molecule has 0 amide bonds. The molecule has 0 saturated heterocycles. The van der Waals surface area contributed by atoms with Gasteiger partial charge in [-0.25, -0.2) is 4.79 Å². The van der Waals surface area contributed by atoms with E-state index >= 15 is 0 Å². The second kappa shape index (κ2) is 7.35. The van der Waals surface area contributed by atoms with Crippen molar-refractivity contribution in [3.8, 4) is 17.2 Å². The maximum absolute atomic E-state index is 12.3. The van der Waals surface area contributed by atoms with E-state index in [2.05, 4.69) is 19.6 Å². The van der Waals surface area contributed by atoms with Crippen molar-refractivity contribution in [2.24, 2.45) is 0 Å². The van der Waals surface area contributed by atoms with Crippen molar-refractivity contribution in [1.29, 1.82) is 0 Å². The van der Waals surface area contributed by atoms with Crippen LogP contribution < -0.4 is 9.47 Å². The SMILES string of the molecule is C=C(C)C(=O)Oc1c2c(c(Oc3ccccc3)c3ccccc13)CC=C(C)C2. The minimum atomic E-state index is -0.406. The lowest BCUT2D eigenvalue weighted by atomic mass is 9.87. The summed E-state index contributed by atoms with van der Waals surface area (Å²) in [6.07, 6.45) is 3.68. The van der Waals surface area contributed by atoms with E-state index in [1.807, 2.05) is 54.6 Å². The summed E-state index contributed by atoms with van der Waals surface area (Å²) < 4.78 is 12.2. The largest absolute Gasteiger partial charge is 0.456 e. The zero-order valence-electron chi connectivity index (χ0n) is 16.1. The fraction of sp³-hybridized carbons (Fsp3) is 0.160. The van der Waals surface area contributed by atoms with Crippen molar-refractivity contribution in [3.63, 3.8) is 0 Å². The number of hydrogen-bond donors (Lipinski definition) is 0. The molecule has 0 heterocycles. The first kappa shape index (κ1) is 18.1. The quantitative estimate of drug-likeness (QED) is 0.239. The van der Waals surface area contributed by atoms with Crippen molar-refractivity contribution in [3.05, 3.63) is 89.5 Å². The number of esters is 1. The van der Waals surface area contributed by atoms with Crippen molar-refractivity contribution >= 4 is 16.7 Å². The minimum Gasteiger partial charge on any atom is -0.456 e. The first-order valence-electron chi connectivity index (χ1n) is 9.37. The number of carbonyl (C=O) groups excluding carboxylic acids is 1. The molecule has 0 N–H and O–H groups in total. The number of carbonyl (C=O) groups is 1. The third kappa shape index (κ3) is 3.31. The second-order valence-electron chi connectivity index (χ2n) is 7.18. The number of hydrogen-bond acceptors (Lipinski definition) is 3. The third-order valence-electron chi connectivity index (χ3n) is 4.95.